The number of nitrogens with one attached hydrogen (secondary N) is 1. The first kappa shape index (κ1) is 16.0. The molecule has 0 amide bonds. The van der Waals surface area contributed by atoms with Gasteiger partial charge in [-0.3, -0.25) is 0 Å². The van der Waals surface area contributed by atoms with Gasteiger partial charge in [0.2, 0.25) is 0 Å². The lowest BCUT2D eigenvalue weighted by molar-refractivity contribution is 0.574. The third kappa shape index (κ3) is 2.97. The van der Waals surface area contributed by atoms with E-state index in [1.165, 1.54) is 28.3 Å². The fraction of sp³-hybridized carbons (Fsp3) is 0.333. The van der Waals surface area contributed by atoms with Crippen molar-refractivity contribution in [2.45, 2.75) is 33.7 Å². The van der Waals surface area contributed by atoms with Crippen molar-refractivity contribution in [2.75, 3.05) is 7.05 Å². The molecule has 1 nitrogen and oxygen atoms in total. The summed E-state index contributed by atoms with van der Waals surface area (Å²) in [6.45, 7) is 8.37. The predicted molar refractivity (Wildman–Crippen MR) is 87.7 cm³/mol. The van der Waals surface area contributed by atoms with Crippen LogP contribution < -0.4 is 5.32 Å². The molecular weight excluding hydrogens is 285 g/mol. The van der Waals surface area contributed by atoms with Gasteiger partial charge in [-0.1, -0.05) is 23.7 Å². The van der Waals surface area contributed by atoms with Gasteiger partial charge >= 0.3 is 0 Å². The zero-order valence-electron chi connectivity index (χ0n) is 13.1. The molecule has 0 aromatic heterocycles. The van der Waals surface area contributed by atoms with E-state index in [-0.39, 0.29) is 11.9 Å². The molecule has 0 heterocycles. The van der Waals surface area contributed by atoms with Gasteiger partial charge < -0.3 is 5.32 Å². The molecular formula is C18H21ClFN. The van der Waals surface area contributed by atoms with E-state index in [9.17, 15) is 4.39 Å². The Hall–Kier alpha value is -1.38. The molecule has 2 aromatic rings. The molecule has 0 radical (unpaired) electrons. The second kappa shape index (κ2) is 6.17. The molecule has 0 saturated carbocycles. The summed E-state index contributed by atoms with van der Waals surface area (Å²) in [5.74, 6) is -0.278. The molecule has 2 aromatic carbocycles. The number of hydrogen-bond acceptors (Lipinski definition) is 1. The molecule has 0 aliphatic carbocycles. The van der Waals surface area contributed by atoms with Crippen molar-refractivity contribution in [3.63, 3.8) is 0 Å². The Morgan fingerprint density at radius 1 is 1.00 bits per heavy atom. The van der Waals surface area contributed by atoms with E-state index in [0.717, 1.165) is 5.56 Å². The van der Waals surface area contributed by atoms with Crippen LogP contribution >= 0.6 is 11.6 Å². The van der Waals surface area contributed by atoms with E-state index >= 15 is 0 Å². The minimum atomic E-state index is -0.278. The fourth-order valence-corrected chi connectivity index (χ4v) is 3.03. The van der Waals surface area contributed by atoms with Gasteiger partial charge in [0, 0.05) is 10.6 Å². The lowest BCUT2D eigenvalue weighted by Crippen LogP contribution is -2.22. The lowest BCUT2D eigenvalue weighted by atomic mass is 9.86. The van der Waals surface area contributed by atoms with Crippen LogP contribution in [0.3, 0.4) is 0 Å². The van der Waals surface area contributed by atoms with Crippen molar-refractivity contribution in [1.29, 1.82) is 0 Å². The molecule has 1 atom stereocenters. The number of rotatable bonds is 3. The SMILES string of the molecule is CNC(c1ccc(Cl)cc1F)c1c(C)c(C)cc(C)c1C. The van der Waals surface area contributed by atoms with Crippen LogP contribution in [0.1, 0.15) is 39.4 Å². The summed E-state index contributed by atoms with van der Waals surface area (Å²) in [5.41, 5.74) is 6.62. The van der Waals surface area contributed by atoms with Gasteiger partial charge in [-0.05, 0) is 74.7 Å². The van der Waals surface area contributed by atoms with Crippen molar-refractivity contribution in [2.24, 2.45) is 0 Å². The van der Waals surface area contributed by atoms with Crippen LogP contribution in [0.2, 0.25) is 5.02 Å². The maximum Gasteiger partial charge on any atom is 0.129 e. The Bertz CT molecular complexity index is 653. The van der Waals surface area contributed by atoms with Crippen LogP contribution in [-0.2, 0) is 0 Å². The third-order valence-electron chi connectivity index (χ3n) is 4.27. The predicted octanol–water partition coefficient (Wildman–Crippen LogP) is 5.02. The van der Waals surface area contributed by atoms with Crippen molar-refractivity contribution < 1.29 is 4.39 Å². The molecule has 1 unspecified atom stereocenters. The Kier molecular flexibility index (Phi) is 4.70. The zero-order valence-corrected chi connectivity index (χ0v) is 13.9. The van der Waals surface area contributed by atoms with Crippen LogP contribution in [0.15, 0.2) is 24.3 Å². The molecule has 2 rings (SSSR count). The first-order valence-electron chi connectivity index (χ1n) is 7.06. The normalized spacial score (nSPS) is 12.5. The molecule has 1 N–H and O–H groups in total. The fourth-order valence-electron chi connectivity index (χ4n) is 2.87. The average molecular weight is 306 g/mol. The topological polar surface area (TPSA) is 12.0 Å². The van der Waals surface area contributed by atoms with E-state index < -0.39 is 0 Å². The van der Waals surface area contributed by atoms with Crippen LogP contribution in [0, 0.1) is 33.5 Å². The average Bonchev–Trinajstić information content (AvgIpc) is 2.42. The smallest absolute Gasteiger partial charge is 0.129 e. The van der Waals surface area contributed by atoms with Crippen LogP contribution in [0.5, 0.6) is 0 Å². The first-order chi connectivity index (χ1) is 9.86. The number of halogens is 2. The van der Waals surface area contributed by atoms with Crippen LogP contribution in [-0.4, -0.2) is 7.05 Å². The van der Waals surface area contributed by atoms with Crippen molar-refractivity contribution in [3.8, 4) is 0 Å². The monoisotopic (exact) mass is 305 g/mol. The van der Waals surface area contributed by atoms with Crippen LogP contribution in [0.25, 0.3) is 0 Å². The van der Waals surface area contributed by atoms with Crippen molar-refractivity contribution in [3.05, 3.63) is 68.5 Å². The van der Waals surface area contributed by atoms with Gasteiger partial charge in [-0.2, -0.15) is 0 Å². The van der Waals surface area contributed by atoms with Gasteiger partial charge in [0.05, 0.1) is 6.04 Å². The summed E-state index contributed by atoms with van der Waals surface area (Å²) in [5, 5.41) is 3.66. The van der Waals surface area contributed by atoms with Crippen molar-refractivity contribution >= 4 is 11.6 Å². The van der Waals surface area contributed by atoms with E-state index in [4.69, 9.17) is 11.6 Å². The van der Waals surface area contributed by atoms with E-state index in [2.05, 4.69) is 39.1 Å². The van der Waals surface area contributed by atoms with Crippen molar-refractivity contribution in [1.82, 2.24) is 5.32 Å². The summed E-state index contributed by atoms with van der Waals surface area (Å²) in [6, 6.07) is 6.86. The van der Waals surface area contributed by atoms with E-state index in [1.807, 2.05) is 7.05 Å². The highest BCUT2D eigenvalue weighted by Gasteiger charge is 2.21. The van der Waals surface area contributed by atoms with Gasteiger partial charge in [0.25, 0.3) is 0 Å². The molecule has 0 fully saturated rings. The third-order valence-corrected chi connectivity index (χ3v) is 4.51. The largest absolute Gasteiger partial charge is 0.309 e. The van der Waals surface area contributed by atoms with E-state index in [1.54, 1.807) is 12.1 Å². The number of aryl methyl sites for hydroxylation is 2. The molecule has 0 bridgehead atoms. The summed E-state index contributed by atoms with van der Waals surface area (Å²) >= 11 is 5.86. The maximum atomic E-state index is 14.3. The Balaban J connectivity index is 2.67. The number of benzene rings is 2. The van der Waals surface area contributed by atoms with E-state index in [0.29, 0.717) is 10.6 Å². The molecule has 21 heavy (non-hydrogen) atoms. The summed E-state index contributed by atoms with van der Waals surface area (Å²) in [6.07, 6.45) is 0. The molecule has 0 aliphatic heterocycles. The van der Waals surface area contributed by atoms with Gasteiger partial charge in [-0.25, -0.2) is 4.39 Å². The molecule has 0 aliphatic rings. The quantitative estimate of drug-likeness (QED) is 0.839. The zero-order chi connectivity index (χ0) is 15.7. The maximum absolute atomic E-state index is 14.3. The second-order valence-corrected chi connectivity index (χ2v) is 6.00. The molecule has 3 heteroatoms. The highest BCUT2D eigenvalue weighted by molar-refractivity contribution is 6.30. The second-order valence-electron chi connectivity index (χ2n) is 5.56. The van der Waals surface area contributed by atoms with Crippen LogP contribution in [0.4, 0.5) is 4.39 Å². The Morgan fingerprint density at radius 2 is 1.57 bits per heavy atom. The lowest BCUT2D eigenvalue weighted by Gasteiger charge is -2.24. The molecule has 0 spiro atoms. The Labute approximate surface area is 131 Å². The highest BCUT2D eigenvalue weighted by Crippen LogP contribution is 2.33. The minimum absolute atomic E-state index is 0.180. The molecule has 112 valence electrons. The van der Waals surface area contributed by atoms with Gasteiger partial charge in [0.15, 0.2) is 0 Å². The molecule has 0 saturated heterocycles. The first-order valence-corrected chi connectivity index (χ1v) is 7.44. The summed E-state index contributed by atoms with van der Waals surface area (Å²) in [4.78, 5) is 0. The Morgan fingerprint density at radius 3 is 2.05 bits per heavy atom. The van der Waals surface area contributed by atoms with Gasteiger partial charge in [-0.15, -0.1) is 0 Å². The minimum Gasteiger partial charge on any atom is -0.309 e. The number of hydrogen-bond donors (Lipinski definition) is 1. The summed E-state index contributed by atoms with van der Waals surface area (Å²) < 4.78 is 14.3. The van der Waals surface area contributed by atoms with Gasteiger partial charge in [0.1, 0.15) is 5.82 Å². The standard InChI is InChI=1S/C18H21ClFN/c1-10-8-11(2)13(4)17(12(10)3)18(21-5)15-7-6-14(19)9-16(15)20/h6-9,18,21H,1-5H3. The highest BCUT2D eigenvalue weighted by atomic mass is 35.5. The summed E-state index contributed by atoms with van der Waals surface area (Å²) in [7, 11) is 1.86.